The third-order valence-corrected chi connectivity index (χ3v) is 7.12. The number of hydrogen-bond donors (Lipinski definition) is 1. The molecule has 0 saturated carbocycles. The highest BCUT2D eigenvalue weighted by Gasteiger charge is 2.46. The zero-order valence-corrected chi connectivity index (χ0v) is 19.5. The number of piperidine rings is 1. The van der Waals surface area contributed by atoms with E-state index in [0.29, 0.717) is 40.3 Å². The van der Waals surface area contributed by atoms with Gasteiger partial charge in [0, 0.05) is 50.3 Å². The van der Waals surface area contributed by atoms with Gasteiger partial charge in [-0.05, 0) is 36.6 Å². The first kappa shape index (κ1) is 24.2. The second-order valence-corrected chi connectivity index (χ2v) is 9.42. The number of rotatable bonds is 5. The topological polar surface area (TPSA) is 77.1 Å². The molecule has 1 fully saturated rings. The first-order valence-electron chi connectivity index (χ1n) is 11.8. The van der Waals surface area contributed by atoms with Crippen LogP contribution in [0.1, 0.15) is 48.7 Å². The van der Waals surface area contributed by atoms with E-state index >= 15 is 0 Å². The molecule has 36 heavy (non-hydrogen) atoms. The number of pyridine rings is 1. The quantitative estimate of drug-likeness (QED) is 0.327. The van der Waals surface area contributed by atoms with Crippen LogP contribution in [-0.2, 0) is 11.2 Å². The van der Waals surface area contributed by atoms with E-state index in [4.69, 9.17) is 0 Å². The maximum absolute atomic E-state index is 14.7. The fourth-order valence-corrected chi connectivity index (χ4v) is 5.13. The molecule has 0 aliphatic carbocycles. The van der Waals surface area contributed by atoms with E-state index in [2.05, 4.69) is 10.3 Å². The minimum absolute atomic E-state index is 0.0410. The molecule has 0 bridgehead atoms. The fraction of sp³-hybridized carbons (Fsp3) is 0.400. The van der Waals surface area contributed by atoms with Crippen molar-refractivity contribution in [3.05, 3.63) is 82.7 Å². The summed E-state index contributed by atoms with van der Waals surface area (Å²) in [4.78, 5) is 19.1. The number of carbonyl (C=O) groups is 1. The van der Waals surface area contributed by atoms with Gasteiger partial charge in [-0.3, -0.25) is 9.69 Å². The van der Waals surface area contributed by atoms with Gasteiger partial charge in [0.15, 0.2) is 18.2 Å². The third kappa shape index (κ3) is 4.67. The van der Waals surface area contributed by atoms with Crippen molar-refractivity contribution < 1.29 is 27.1 Å². The lowest BCUT2D eigenvalue weighted by Gasteiger charge is -2.40. The van der Waals surface area contributed by atoms with Crippen LogP contribution in [0, 0.1) is 16.8 Å². The van der Waals surface area contributed by atoms with Gasteiger partial charge in [-0.2, -0.15) is 4.73 Å². The lowest BCUT2D eigenvalue weighted by Crippen LogP contribution is -2.52. The minimum atomic E-state index is -2.96. The average molecular weight is 504 g/mol. The molecule has 0 unspecified atom stereocenters. The molecule has 2 aromatic heterocycles. The van der Waals surface area contributed by atoms with Gasteiger partial charge in [0.1, 0.15) is 17.5 Å². The van der Waals surface area contributed by atoms with Gasteiger partial charge in [-0.1, -0.05) is 0 Å². The zero-order chi connectivity index (χ0) is 25.6. The summed E-state index contributed by atoms with van der Waals surface area (Å²) in [6.45, 7) is 1.64. The Balaban J connectivity index is 1.28. The summed E-state index contributed by atoms with van der Waals surface area (Å²) in [5.74, 6) is -4.84. The van der Waals surface area contributed by atoms with Gasteiger partial charge in [-0.15, -0.1) is 0 Å². The highest BCUT2D eigenvalue weighted by atomic mass is 19.3. The standard InChI is InChI=1S/C25H25F4N5O2/c1-15(32-9-6-25(28,29)20(13-32)16-4-7-33(36)8-5-16)24(35)31-22-14-34-21(2-3-23(34)30-22)17-10-18(26)12-19(27)11-17/h4-5,7-8,10-12,14-15,20-21H,2-3,6,9,13H2,1H3,(H,31,35)/t15-,20+,21+/m0/s1. The molecule has 0 spiro atoms. The number of nitrogens with zero attached hydrogens (tertiary/aromatic N) is 4. The van der Waals surface area contributed by atoms with E-state index in [1.54, 1.807) is 22.6 Å². The number of nitrogens with one attached hydrogen (secondary N) is 1. The van der Waals surface area contributed by atoms with E-state index in [-0.39, 0.29) is 19.1 Å². The number of aryl methyl sites for hydroxylation is 1. The summed E-state index contributed by atoms with van der Waals surface area (Å²) >= 11 is 0. The SMILES string of the molecule is C[C@@H](C(=O)Nc1cn2c(n1)CC[C@@H]2c1cc(F)cc(F)c1)N1CCC(F)(F)[C@@H](c2cc[n+]([O-])cc2)C1. The van der Waals surface area contributed by atoms with Crippen LogP contribution in [0.2, 0.25) is 0 Å². The van der Waals surface area contributed by atoms with Crippen LogP contribution in [0.3, 0.4) is 0 Å². The van der Waals surface area contributed by atoms with Crippen LogP contribution in [0.25, 0.3) is 0 Å². The third-order valence-electron chi connectivity index (χ3n) is 7.12. The molecule has 2 aliphatic heterocycles. The van der Waals surface area contributed by atoms with Crippen LogP contribution in [0.5, 0.6) is 0 Å². The number of imidazole rings is 1. The predicted molar refractivity (Wildman–Crippen MR) is 122 cm³/mol. The maximum Gasteiger partial charge on any atom is 0.257 e. The minimum Gasteiger partial charge on any atom is -0.619 e. The van der Waals surface area contributed by atoms with E-state index in [1.807, 2.05) is 0 Å². The van der Waals surface area contributed by atoms with Crippen molar-refractivity contribution >= 4 is 11.7 Å². The van der Waals surface area contributed by atoms with Crippen molar-refractivity contribution in [2.45, 2.75) is 50.1 Å². The number of hydrogen-bond acceptors (Lipinski definition) is 4. The summed E-state index contributed by atoms with van der Waals surface area (Å²) in [6, 6.07) is 5.15. The number of carbonyl (C=O) groups excluding carboxylic acids is 1. The molecule has 11 heteroatoms. The highest BCUT2D eigenvalue weighted by Crippen LogP contribution is 2.40. The van der Waals surface area contributed by atoms with Gasteiger partial charge in [0.25, 0.3) is 5.92 Å². The number of halogens is 4. The lowest BCUT2D eigenvalue weighted by atomic mass is 9.87. The predicted octanol–water partition coefficient (Wildman–Crippen LogP) is 3.78. The molecule has 0 radical (unpaired) electrons. The van der Waals surface area contributed by atoms with Gasteiger partial charge >= 0.3 is 0 Å². The van der Waals surface area contributed by atoms with Crippen LogP contribution in [0.4, 0.5) is 23.4 Å². The molecule has 1 N–H and O–H groups in total. The van der Waals surface area contributed by atoms with Gasteiger partial charge in [0.05, 0.1) is 18.0 Å². The molecule has 1 saturated heterocycles. The Kier molecular flexibility index (Phi) is 6.19. The normalized spacial score (nSPS) is 22.2. The average Bonchev–Trinajstić information content (AvgIpc) is 3.39. The Morgan fingerprint density at radius 1 is 1.19 bits per heavy atom. The molecule has 2 aliphatic rings. The monoisotopic (exact) mass is 503 g/mol. The van der Waals surface area contributed by atoms with Gasteiger partial charge in [-0.25, -0.2) is 22.5 Å². The summed E-state index contributed by atoms with van der Waals surface area (Å²) in [5.41, 5.74) is 0.827. The van der Waals surface area contributed by atoms with E-state index in [1.165, 1.54) is 36.7 Å². The Morgan fingerprint density at radius 3 is 2.58 bits per heavy atom. The highest BCUT2D eigenvalue weighted by molar-refractivity contribution is 5.93. The maximum atomic E-state index is 14.7. The summed E-state index contributed by atoms with van der Waals surface area (Å²) in [5, 5.41) is 14.1. The Labute approximate surface area is 204 Å². The molecule has 7 nitrogen and oxygen atoms in total. The van der Waals surface area contributed by atoms with Crippen LogP contribution < -0.4 is 10.0 Å². The van der Waals surface area contributed by atoms with Crippen molar-refractivity contribution in [3.8, 4) is 0 Å². The van der Waals surface area contributed by atoms with E-state index in [9.17, 15) is 27.6 Å². The van der Waals surface area contributed by atoms with Crippen molar-refractivity contribution in [1.29, 1.82) is 0 Å². The first-order valence-corrected chi connectivity index (χ1v) is 11.8. The largest absolute Gasteiger partial charge is 0.619 e. The molecular formula is C25H25F4N5O2. The second-order valence-electron chi connectivity index (χ2n) is 9.42. The molecular weight excluding hydrogens is 478 g/mol. The van der Waals surface area contributed by atoms with Crippen molar-refractivity contribution in [2.75, 3.05) is 18.4 Å². The smallest absolute Gasteiger partial charge is 0.257 e. The van der Waals surface area contributed by atoms with Crippen LogP contribution in [0.15, 0.2) is 48.9 Å². The van der Waals surface area contributed by atoms with E-state index < -0.39 is 41.8 Å². The zero-order valence-electron chi connectivity index (χ0n) is 19.5. The number of alkyl halides is 2. The fourth-order valence-electron chi connectivity index (χ4n) is 5.13. The molecule has 4 heterocycles. The molecule has 190 valence electrons. The Hall–Kier alpha value is -3.47. The molecule has 1 amide bonds. The summed E-state index contributed by atoms with van der Waals surface area (Å²) in [7, 11) is 0. The number of aromatic nitrogens is 3. The Bertz CT molecular complexity index is 1260. The first-order chi connectivity index (χ1) is 17.1. The van der Waals surface area contributed by atoms with Gasteiger partial charge < -0.3 is 15.1 Å². The molecule has 3 aromatic rings. The Morgan fingerprint density at radius 2 is 1.89 bits per heavy atom. The second kappa shape index (κ2) is 9.20. The summed E-state index contributed by atoms with van der Waals surface area (Å²) < 4.78 is 59.1. The molecule has 1 aromatic carbocycles. The molecule has 3 atom stereocenters. The molecule has 5 rings (SSSR count). The van der Waals surface area contributed by atoms with Crippen LogP contribution >= 0.6 is 0 Å². The van der Waals surface area contributed by atoms with Crippen molar-refractivity contribution in [2.24, 2.45) is 0 Å². The van der Waals surface area contributed by atoms with Crippen molar-refractivity contribution in [3.63, 3.8) is 0 Å². The van der Waals surface area contributed by atoms with E-state index in [0.717, 1.165) is 6.07 Å². The number of benzene rings is 1. The number of anilines is 1. The van der Waals surface area contributed by atoms with Gasteiger partial charge in [0.2, 0.25) is 5.91 Å². The number of amides is 1. The number of fused-ring (bicyclic) bond motifs is 1. The van der Waals surface area contributed by atoms with Crippen LogP contribution in [-0.4, -0.2) is 45.4 Å². The lowest BCUT2D eigenvalue weighted by molar-refractivity contribution is -0.605. The summed E-state index contributed by atoms with van der Waals surface area (Å²) in [6.07, 6.45) is 4.80. The van der Waals surface area contributed by atoms with Crippen molar-refractivity contribution in [1.82, 2.24) is 14.5 Å². The number of likely N-dealkylation sites (tertiary alicyclic amines) is 1.